The number of benzene rings is 2. The Kier molecular flexibility index (Phi) is 4.95. The van der Waals surface area contributed by atoms with Crippen molar-refractivity contribution in [2.24, 2.45) is 0 Å². The van der Waals surface area contributed by atoms with Crippen molar-refractivity contribution in [2.45, 2.75) is 25.0 Å². The molecule has 2 aliphatic heterocycles. The molecule has 0 unspecified atom stereocenters. The van der Waals surface area contributed by atoms with Gasteiger partial charge in [-0.15, -0.1) is 0 Å². The molecule has 3 heterocycles. The first kappa shape index (κ1) is 18.5. The largest absolute Gasteiger partial charge is 0.431 e. The van der Waals surface area contributed by atoms with E-state index in [0.29, 0.717) is 17.3 Å². The van der Waals surface area contributed by atoms with Crippen LogP contribution in [0.25, 0.3) is 10.2 Å². The van der Waals surface area contributed by atoms with Crippen LogP contribution < -0.4 is 4.74 Å². The van der Waals surface area contributed by atoms with Crippen molar-refractivity contribution in [3.8, 4) is 10.9 Å². The van der Waals surface area contributed by atoms with Crippen LogP contribution in [0, 0.1) is 0 Å². The highest BCUT2D eigenvalue weighted by molar-refractivity contribution is 7.20. The number of aromatic nitrogens is 1. The lowest BCUT2D eigenvalue weighted by molar-refractivity contribution is -0.137. The number of fused-ring (bicyclic) bond motifs is 3. The average Bonchev–Trinajstić information content (AvgIpc) is 3.43. The topological polar surface area (TPSA) is 54.9 Å². The van der Waals surface area contributed by atoms with E-state index in [9.17, 15) is 4.79 Å². The molecule has 3 aromatic rings. The Balaban J connectivity index is 1.19. The van der Waals surface area contributed by atoms with Gasteiger partial charge in [0.2, 0.25) is 5.91 Å². The van der Waals surface area contributed by atoms with Crippen LogP contribution in [0.4, 0.5) is 0 Å². The number of piperazine rings is 1. The van der Waals surface area contributed by atoms with Crippen molar-refractivity contribution in [3.05, 3.63) is 54.1 Å². The molecule has 29 heavy (non-hydrogen) atoms. The number of methoxy groups -OCH3 is 1. The van der Waals surface area contributed by atoms with Crippen LogP contribution in [0.5, 0.6) is 10.9 Å². The normalized spacial score (nSPS) is 21.2. The van der Waals surface area contributed by atoms with Gasteiger partial charge in [-0.25, -0.2) is 4.98 Å². The molecule has 0 N–H and O–H groups in total. The summed E-state index contributed by atoms with van der Waals surface area (Å²) in [5, 5.41) is 0.664. The standard InChI is InChI=1S/C22H23N3O3S/c1-27-14-21(26)25-13-16-10-17(25)12-24(16)11-15-6-8-18(9-7-15)28-22-23-19-4-2-3-5-20(19)29-22/h2-9,16-17H,10-14H2,1H3/t16-,17+/m0/s1. The first-order valence-electron chi connectivity index (χ1n) is 9.84. The van der Waals surface area contributed by atoms with E-state index in [2.05, 4.69) is 28.1 Å². The Morgan fingerprint density at radius 2 is 1.97 bits per heavy atom. The second-order valence-corrected chi connectivity index (χ2v) is 8.64. The number of hydrogen-bond acceptors (Lipinski definition) is 6. The molecule has 2 atom stereocenters. The van der Waals surface area contributed by atoms with Gasteiger partial charge in [-0.3, -0.25) is 9.69 Å². The molecule has 0 saturated carbocycles. The second-order valence-electron chi connectivity index (χ2n) is 7.65. The predicted octanol–water partition coefficient (Wildman–Crippen LogP) is 3.52. The van der Waals surface area contributed by atoms with E-state index in [1.54, 1.807) is 18.4 Å². The second kappa shape index (κ2) is 7.74. The summed E-state index contributed by atoms with van der Waals surface area (Å²) in [4.78, 5) is 21.1. The first-order chi connectivity index (χ1) is 14.2. The summed E-state index contributed by atoms with van der Waals surface area (Å²) in [7, 11) is 1.57. The maximum absolute atomic E-state index is 12.1. The lowest BCUT2D eigenvalue weighted by atomic mass is 10.2. The number of carbonyl (C=O) groups excluding carboxylic acids is 1. The molecule has 1 amide bonds. The molecule has 6 nitrogen and oxygen atoms in total. The van der Waals surface area contributed by atoms with Gasteiger partial charge in [0.25, 0.3) is 5.19 Å². The lowest BCUT2D eigenvalue weighted by Crippen LogP contribution is -2.49. The SMILES string of the molecule is COCC(=O)N1C[C@@H]2C[C@@H]1CN2Cc1ccc(Oc2nc3ccccc3s2)cc1. The zero-order valence-electron chi connectivity index (χ0n) is 16.3. The molecule has 0 aliphatic carbocycles. The van der Waals surface area contributed by atoms with Crippen LogP contribution in [0.3, 0.4) is 0 Å². The van der Waals surface area contributed by atoms with Crippen molar-refractivity contribution in [3.63, 3.8) is 0 Å². The predicted molar refractivity (Wildman–Crippen MR) is 112 cm³/mol. The van der Waals surface area contributed by atoms with Crippen LogP contribution >= 0.6 is 11.3 Å². The zero-order valence-corrected chi connectivity index (χ0v) is 17.1. The minimum Gasteiger partial charge on any atom is -0.431 e. The zero-order chi connectivity index (χ0) is 19.8. The Labute approximate surface area is 173 Å². The molecule has 2 saturated heterocycles. The summed E-state index contributed by atoms with van der Waals surface area (Å²) < 4.78 is 12.1. The summed E-state index contributed by atoms with van der Waals surface area (Å²) in [6.07, 6.45) is 1.06. The molecule has 2 aliphatic rings. The number of para-hydroxylation sites is 1. The number of amides is 1. The fraction of sp³-hybridized carbons (Fsp3) is 0.364. The summed E-state index contributed by atoms with van der Waals surface area (Å²) >= 11 is 1.55. The maximum atomic E-state index is 12.1. The van der Waals surface area contributed by atoms with Crippen LogP contribution in [0.15, 0.2) is 48.5 Å². The van der Waals surface area contributed by atoms with Gasteiger partial charge >= 0.3 is 0 Å². The smallest absolute Gasteiger partial charge is 0.279 e. The van der Waals surface area contributed by atoms with Gasteiger partial charge in [-0.05, 0) is 36.2 Å². The molecule has 2 fully saturated rings. The van der Waals surface area contributed by atoms with Gasteiger partial charge in [0.1, 0.15) is 12.4 Å². The van der Waals surface area contributed by atoms with Crippen molar-refractivity contribution in [2.75, 3.05) is 26.8 Å². The van der Waals surface area contributed by atoms with Gasteiger partial charge in [-0.1, -0.05) is 35.6 Å². The third kappa shape index (κ3) is 3.73. The van der Waals surface area contributed by atoms with Gasteiger partial charge in [0.05, 0.1) is 10.2 Å². The minimum absolute atomic E-state index is 0.107. The van der Waals surface area contributed by atoms with E-state index < -0.39 is 0 Å². The van der Waals surface area contributed by atoms with Crippen LogP contribution in [-0.4, -0.2) is 59.6 Å². The van der Waals surface area contributed by atoms with E-state index in [4.69, 9.17) is 9.47 Å². The molecule has 1 aromatic heterocycles. The molecule has 7 heteroatoms. The number of ether oxygens (including phenoxy) is 2. The summed E-state index contributed by atoms with van der Waals surface area (Å²) in [5.74, 6) is 0.906. The highest BCUT2D eigenvalue weighted by Gasteiger charge is 2.44. The van der Waals surface area contributed by atoms with Crippen LogP contribution in [-0.2, 0) is 16.1 Å². The van der Waals surface area contributed by atoms with Gasteiger partial charge in [0, 0.05) is 38.8 Å². The molecule has 0 spiro atoms. The molecular weight excluding hydrogens is 386 g/mol. The average molecular weight is 410 g/mol. The molecule has 150 valence electrons. The van der Waals surface area contributed by atoms with Gasteiger partial charge in [-0.2, -0.15) is 0 Å². The van der Waals surface area contributed by atoms with Crippen molar-refractivity contribution in [1.82, 2.24) is 14.8 Å². The molecule has 0 radical (unpaired) electrons. The molecule has 2 aromatic carbocycles. The third-order valence-electron chi connectivity index (χ3n) is 5.73. The van der Waals surface area contributed by atoms with Crippen molar-refractivity contribution in [1.29, 1.82) is 0 Å². The van der Waals surface area contributed by atoms with Crippen LogP contribution in [0.2, 0.25) is 0 Å². The Morgan fingerprint density at radius 3 is 2.69 bits per heavy atom. The summed E-state index contributed by atoms with van der Waals surface area (Å²) in [6.45, 7) is 2.82. The monoisotopic (exact) mass is 409 g/mol. The minimum atomic E-state index is 0.107. The molecule has 2 bridgehead atoms. The van der Waals surface area contributed by atoms with E-state index in [-0.39, 0.29) is 12.5 Å². The number of nitrogens with zero attached hydrogens (tertiary/aromatic N) is 3. The first-order valence-corrected chi connectivity index (χ1v) is 10.7. The number of rotatable bonds is 6. The maximum Gasteiger partial charge on any atom is 0.279 e. The van der Waals surface area contributed by atoms with E-state index in [1.807, 2.05) is 35.2 Å². The van der Waals surface area contributed by atoms with Gasteiger partial charge < -0.3 is 14.4 Å². The van der Waals surface area contributed by atoms with Crippen molar-refractivity contribution < 1.29 is 14.3 Å². The fourth-order valence-corrected chi connectivity index (χ4v) is 5.18. The van der Waals surface area contributed by atoms with E-state index >= 15 is 0 Å². The van der Waals surface area contributed by atoms with Crippen LogP contribution in [0.1, 0.15) is 12.0 Å². The third-order valence-corrected chi connectivity index (χ3v) is 6.64. The Bertz CT molecular complexity index is 987. The molecule has 5 rings (SSSR count). The Hall–Kier alpha value is -2.48. The number of carbonyl (C=O) groups is 1. The lowest BCUT2D eigenvalue weighted by Gasteiger charge is -2.34. The fourth-order valence-electron chi connectivity index (χ4n) is 4.35. The summed E-state index contributed by atoms with van der Waals surface area (Å²) in [6, 6.07) is 17.0. The Morgan fingerprint density at radius 1 is 1.14 bits per heavy atom. The number of likely N-dealkylation sites (tertiary alicyclic amines) is 2. The van der Waals surface area contributed by atoms with Crippen molar-refractivity contribution >= 4 is 27.5 Å². The highest BCUT2D eigenvalue weighted by Crippen LogP contribution is 2.33. The highest BCUT2D eigenvalue weighted by atomic mass is 32.1. The van der Waals surface area contributed by atoms with E-state index in [0.717, 1.165) is 42.0 Å². The number of thiazole rings is 1. The van der Waals surface area contributed by atoms with E-state index in [1.165, 1.54) is 5.56 Å². The summed E-state index contributed by atoms with van der Waals surface area (Å²) in [5.41, 5.74) is 2.22. The quantitative estimate of drug-likeness (QED) is 0.624. The molecular formula is C22H23N3O3S. The van der Waals surface area contributed by atoms with Gasteiger partial charge in [0.15, 0.2) is 0 Å². The number of hydrogen-bond donors (Lipinski definition) is 0.